The third-order valence-electron chi connectivity index (χ3n) is 1.46. The molecule has 64 valence electrons. The Balaban J connectivity index is -0.000000196. The van der Waals surface area contributed by atoms with E-state index in [0.29, 0.717) is 0 Å². The van der Waals surface area contributed by atoms with Crippen LogP contribution in [-0.2, 0) is 0 Å². The van der Waals surface area contributed by atoms with E-state index in [9.17, 15) is 0 Å². The topological polar surface area (TPSA) is 23.1 Å². The van der Waals surface area contributed by atoms with Crippen LogP contribution in [0.4, 0.5) is 0 Å². The Bertz CT molecular complexity index is 34.5. The van der Waals surface area contributed by atoms with Gasteiger partial charge in [0.1, 0.15) is 0 Å². The molecule has 0 rings (SSSR count). The van der Waals surface area contributed by atoms with Crippen LogP contribution in [0.2, 0.25) is 0 Å². The Hall–Kier alpha value is 0.960. The van der Waals surface area contributed by atoms with E-state index < -0.39 is 0 Å². The quantitative estimate of drug-likeness (QED) is 0.395. The molecule has 0 aliphatic heterocycles. The van der Waals surface area contributed by atoms with E-state index in [2.05, 4.69) is 13.8 Å². The largest absolute Gasteiger partial charge is 1.00 e. The smallest absolute Gasteiger partial charge is 0.857 e. The van der Waals surface area contributed by atoms with Crippen LogP contribution < -0.4 is 34.7 Å². The van der Waals surface area contributed by atoms with Crippen molar-refractivity contribution in [1.82, 2.24) is 0 Å². The first-order valence-corrected chi connectivity index (χ1v) is 4.32. The molecule has 0 bridgehead atoms. The van der Waals surface area contributed by atoms with Crippen LogP contribution in [0.3, 0.4) is 0 Å². The zero-order valence-corrected chi connectivity index (χ0v) is 10.7. The van der Waals surface area contributed by atoms with Gasteiger partial charge in [-0.15, -0.1) is 0 Å². The maximum absolute atomic E-state index is 8.25. The molecule has 2 heteroatoms. The van der Waals surface area contributed by atoms with Crippen molar-refractivity contribution in [2.45, 2.75) is 52.4 Å². The van der Waals surface area contributed by atoms with Gasteiger partial charge in [-0.25, -0.2) is 0 Å². The third-order valence-corrected chi connectivity index (χ3v) is 1.46. The molecule has 0 fully saturated rings. The molecule has 0 aliphatic carbocycles. The molecule has 11 heavy (non-hydrogen) atoms. The molecular formula is C9H21NaO. The summed E-state index contributed by atoms with van der Waals surface area (Å²) in [5.41, 5.74) is 0. The Kier molecular flexibility index (Phi) is 36.5. The van der Waals surface area contributed by atoms with Gasteiger partial charge in [0.15, 0.2) is 0 Å². The normalized spacial score (nSPS) is 7.64. The maximum atomic E-state index is 8.25. The standard InChI is InChI=1S/C8H18.CH3O.Na/c1-3-5-7-8-6-4-2;1-2;/h3-8H2,1-2H3;1H3;/q;-1;+1. The van der Waals surface area contributed by atoms with Gasteiger partial charge in [0.05, 0.1) is 0 Å². The predicted octanol–water partition coefficient (Wildman–Crippen LogP) is -0.653. The fourth-order valence-corrected chi connectivity index (χ4v) is 0.854. The first kappa shape index (κ1) is 17.9. The summed E-state index contributed by atoms with van der Waals surface area (Å²) in [6, 6.07) is 0. The molecule has 0 aromatic heterocycles. The molecule has 1 nitrogen and oxygen atoms in total. The van der Waals surface area contributed by atoms with Gasteiger partial charge in [-0.2, -0.15) is 7.11 Å². The summed E-state index contributed by atoms with van der Waals surface area (Å²) in [4.78, 5) is 0. The van der Waals surface area contributed by atoms with Gasteiger partial charge in [-0.1, -0.05) is 52.4 Å². The fourth-order valence-electron chi connectivity index (χ4n) is 0.854. The molecule has 0 radical (unpaired) electrons. The van der Waals surface area contributed by atoms with Crippen LogP contribution in [0, 0.1) is 0 Å². The molecule has 0 saturated heterocycles. The summed E-state index contributed by atoms with van der Waals surface area (Å²) < 4.78 is 0. The Morgan fingerprint density at radius 3 is 1.18 bits per heavy atom. The van der Waals surface area contributed by atoms with E-state index in [4.69, 9.17) is 5.11 Å². The number of rotatable bonds is 5. The van der Waals surface area contributed by atoms with Crippen LogP contribution in [0.1, 0.15) is 52.4 Å². The fraction of sp³-hybridized carbons (Fsp3) is 1.00. The van der Waals surface area contributed by atoms with E-state index in [1.54, 1.807) is 0 Å². The van der Waals surface area contributed by atoms with E-state index in [0.717, 1.165) is 7.11 Å². The average Bonchev–Trinajstić information content (AvgIpc) is 2.02. The van der Waals surface area contributed by atoms with E-state index in [1.165, 1.54) is 38.5 Å². The van der Waals surface area contributed by atoms with Crippen LogP contribution >= 0.6 is 0 Å². The van der Waals surface area contributed by atoms with Gasteiger partial charge < -0.3 is 5.11 Å². The van der Waals surface area contributed by atoms with Gasteiger partial charge in [-0.3, -0.25) is 0 Å². The summed E-state index contributed by atoms with van der Waals surface area (Å²) in [5.74, 6) is 0. The summed E-state index contributed by atoms with van der Waals surface area (Å²) in [7, 11) is 0.750. The second-order valence-electron chi connectivity index (χ2n) is 2.41. The molecule has 0 saturated carbocycles. The third kappa shape index (κ3) is 24.8. The minimum atomic E-state index is 0. The van der Waals surface area contributed by atoms with E-state index in [1.807, 2.05) is 0 Å². The van der Waals surface area contributed by atoms with Crippen LogP contribution in [-0.4, -0.2) is 7.11 Å². The maximum Gasteiger partial charge on any atom is 1.00 e. The summed E-state index contributed by atoms with van der Waals surface area (Å²) in [6.45, 7) is 4.51. The van der Waals surface area contributed by atoms with Crippen LogP contribution in [0.15, 0.2) is 0 Å². The van der Waals surface area contributed by atoms with E-state index >= 15 is 0 Å². The zero-order valence-electron chi connectivity index (χ0n) is 8.65. The van der Waals surface area contributed by atoms with Crippen molar-refractivity contribution in [3.05, 3.63) is 0 Å². The molecule has 0 spiro atoms. The monoisotopic (exact) mass is 168 g/mol. The van der Waals surface area contributed by atoms with Crippen molar-refractivity contribution >= 4 is 0 Å². The summed E-state index contributed by atoms with van der Waals surface area (Å²) in [6.07, 6.45) is 8.49. The molecular weight excluding hydrogens is 147 g/mol. The molecule has 0 atom stereocenters. The Labute approximate surface area is 93.9 Å². The first-order chi connectivity index (χ1) is 4.91. The van der Waals surface area contributed by atoms with Crippen LogP contribution in [0.25, 0.3) is 0 Å². The summed E-state index contributed by atoms with van der Waals surface area (Å²) in [5, 5.41) is 8.25. The zero-order chi connectivity index (χ0) is 8.24. The average molecular weight is 168 g/mol. The molecule has 0 aromatic carbocycles. The van der Waals surface area contributed by atoms with E-state index in [-0.39, 0.29) is 29.6 Å². The van der Waals surface area contributed by atoms with Gasteiger partial charge in [0.25, 0.3) is 0 Å². The second kappa shape index (κ2) is 22.4. The summed E-state index contributed by atoms with van der Waals surface area (Å²) >= 11 is 0. The predicted molar refractivity (Wildman–Crippen MR) is 45.0 cm³/mol. The Morgan fingerprint density at radius 2 is 1.00 bits per heavy atom. The van der Waals surface area contributed by atoms with Crippen molar-refractivity contribution in [3.8, 4) is 0 Å². The molecule has 0 aromatic rings. The van der Waals surface area contributed by atoms with Crippen molar-refractivity contribution < 1.29 is 34.7 Å². The number of hydrogen-bond donors (Lipinski definition) is 0. The molecule has 0 amide bonds. The SMILES string of the molecule is CCCCCCCC.C[O-].[Na+]. The number of hydrogen-bond acceptors (Lipinski definition) is 1. The first-order valence-electron chi connectivity index (χ1n) is 4.32. The molecule has 0 aliphatic rings. The van der Waals surface area contributed by atoms with Crippen molar-refractivity contribution in [1.29, 1.82) is 0 Å². The van der Waals surface area contributed by atoms with Gasteiger partial charge in [0, 0.05) is 0 Å². The minimum Gasteiger partial charge on any atom is -0.857 e. The van der Waals surface area contributed by atoms with Gasteiger partial charge >= 0.3 is 29.6 Å². The number of unbranched alkanes of at least 4 members (excludes halogenated alkanes) is 5. The van der Waals surface area contributed by atoms with Crippen molar-refractivity contribution in [2.24, 2.45) is 0 Å². The van der Waals surface area contributed by atoms with Gasteiger partial charge in [0.2, 0.25) is 0 Å². The molecule has 0 unspecified atom stereocenters. The van der Waals surface area contributed by atoms with Gasteiger partial charge in [-0.05, 0) is 0 Å². The van der Waals surface area contributed by atoms with Crippen molar-refractivity contribution in [2.75, 3.05) is 7.11 Å². The Morgan fingerprint density at radius 1 is 0.727 bits per heavy atom. The second-order valence-corrected chi connectivity index (χ2v) is 2.41. The van der Waals surface area contributed by atoms with Crippen LogP contribution in [0.5, 0.6) is 0 Å². The molecule has 0 heterocycles. The molecule has 0 N–H and O–H groups in total. The van der Waals surface area contributed by atoms with Crippen molar-refractivity contribution in [3.63, 3.8) is 0 Å². The minimum absolute atomic E-state index is 0.